The Hall–Kier alpha value is -1.98. The zero-order valence-electron chi connectivity index (χ0n) is 13.0. The molecule has 0 fully saturated rings. The average Bonchev–Trinajstić information content (AvgIpc) is 3.19. The summed E-state index contributed by atoms with van der Waals surface area (Å²) < 4.78 is 5.81. The van der Waals surface area contributed by atoms with Gasteiger partial charge in [0.05, 0.1) is 10.9 Å². The minimum Gasteiger partial charge on any atom is -0.418 e. The maximum atomic E-state index is 5.81. The van der Waals surface area contributed by atoms with E-state index in [9.17, 15) is 0 Å². The van der Waals surface area contributed by atoms with Crippen molar-refractivity contribution in [2.75, 3.05) is 7.05 Å². The molecule has 0 aliphatic rings. The number of rotatable bonds is 5. The van der Waals surface area contributed by atoms with Crippen molar-refractivity contribution in [3.8, 4) is 10.8 Å². The van der Waals surface area contributed by atoms with Gasteiger partial charge in [-0.3, -0.25) is 4.90 Å². The lowest BCUT2D eigenvalue weighted by atomic mass is 10.1. The molecule has 0 aliphatic carbocycles. The van der Waals surface area contributed by atoms with Crippen molar-refractivity contribution in [1.82, 2.24) is 15.1 Å². The van der Waals surface area contributed by atoms with Crippen LogP contribution in [-0.2, 0) is 6.54 Å². The second-order valence-electron chi connectivity index (χ2n) is 5.50. The monoisotopic (exact) mass is 313 g/mol. The third-order valence-electron chi connectivity index (χ3n) is 3.74. The van der Waals surface area contributed by atoms with Gasteiger partial charge in [0.1, 0.15) is 0 Å². The molecular formula is C17H19N3OS. The molecule has 22 heavy (non-hydrogen) atoms. The molecule has 4 nitrogen and oxygen atoms in total. The highest BCUT2D eigenvalue weighted by Crippen LogP contribution is 2.26. The van der Waals surface area contributed by atoms with Crippen LogP contribution in [0.15, 0.2) is 46.2 Å². The number of aryl methyl sites for hydroxylation is 1. The van der Waals surface area contributed by atoms with Crippen molar-refractivity contribution in [3.63, 3.8) is 0 Å². The number of aromatic nitrogens is 2. The third-order valence-corrected chi connectivity index (χ3v) is 4.60. The van der Waals surface area contributed by atoms with E-state index in [1.54, 1.807) is 11.3 Å². The smallest absolute Gasteiger partial charge is 0.257 e. The van der Waals surface area contributed by atoms with Crippen LogP contribution in [0.5, 0.6) is 0 Å². The van der Waals surface area contributed by atoms with Gasteiger partial charge in [-0.25, -0.2) is 0 Å². The van der Waals surface area contributed by atoms with Gasteiger partial charge in [0.25, 0.3) is 5.89 Å². The van der Waals surface area contributed by atoms with Crippen LogP contribution in [0.4, 0.5) is 0 Å². The molecule has 1 aromatic carbocycles. The SMILES string of the molecule is Cc1ccc(CN(C)[C@H](C)c2nnc(-c3cccs3)o2)cc1. The molecule has 0 saturated carbocycles. The summed E-state index contributed by atoms with van der Waals surface area (Å²) in [6, 6.07) is 12.6. The van der Waals surface area contributed by atoms with Gasteiger partial charge in [-0.15, -0.1) is 21.5 Å². The van der Waals surface area contributed by atoms with E-state index in [0.29, 0.717) is 11.8 Å². The predicted octanol–water partition coefficient (Wildman–Crippen LogP) is 4.30. The van der Waals surface area contributed by atoms with Gasteiger partial charge < -0.3 is 4.42 Å². The first-order chi connectivity index (χ1) is 10.6. The molecule has 1 atom stereocenters. The van der Waals surface area contributed by atoms with Gasteiger partial charge in [0.2, 0.25) is 5.89 Å². The van der Waals surface area contributed by atoms with Crippen molar-refractivity contribution >= 4 is 11.3 Å². The first-order valence-corrected chi connectivity index (χ1v) is 8.14. The van der Waals surface area contributed by atoms with E-state index in [1.807, 2.05) is 17.5 Å². The lowest BCUT2D eigenvalue weighted by molar-refractivity contribution is 0.218. The standard InChI is InChI=1S/C17H19N3OS/c1-12-6-8-14(9-7-12)11-20(3)13(2)16-18-19-17(21-16)15-5-4-10-22-15/h4-10,13H,11H2,1-3H3/t13-/m1/s1. The summed E-state index contributed by atoms with van der Waals surface area (Å²) in [6.07, 6.45) is 0. The zero-order valence-corrected chi connectivity index (χ0v) is 13.8. The molecule has 0 amide bonds. The number of hydrogen-bond donors (Lipinski definition) is 0. The Morgan fingerprint density at radius 1 is 1.18 bits per heavy atom. The molecule has 2 aromatic heterocycles. The Kier molecular flexibility index (Phi) is 4.36. The Bertz CT molecular complexity index is 719. The minimum absolute atomic E-state index is 0.0718. The molecule has 114 valence electrons. The second-order valence-corrected chi connectivity index (χ2v) is 6.45. The highest BCUT2D eigenvalue weighted by molar-refractivity contribution is 7.13. The van der Waals surface area contributed by atoms with Gasteiger partial charge in [0.15, 0.2) is 0 Å². The molecule has 0 bridgehead atoms. The van der Waals surface area contributed by atoms with Crippen molar-refractivity contribution in [2.45, 2.75) is 26.4 Å². The van der Waals surface area contributed by atoms with E-state index < -0.39 is 0 Å². The first-order valence-electron chi connectivity index (χ1n) is 7.26. The van der Waals surface area contributed by atoms with Crippen molar-refractivity contribution in [1.29, 1.82) is 0 Å². The van der Waals surface area contributed by atoms with Crippen molar-refractivity contribution < 1.29 is 4.42 Å². The maximum Gasteiger partial charge on any atom is 0.257 e. The highest BCUT2D eigenvalue weighted by Gasteiger charge is 2.19. The van der Waals surface area contributed by atoms with Gasteiger partial charge >= 0.3 is 0 Å². The number of thiophene rings is 1. The Morgan fingerprint density at radius 2 is 1.95 bits per heavy atom. The molecule has 2 heterocycles. The molecule has 3 rings (SSSR count). The number of nitrogens with zero attached hydrogens (tertiary/aromatic N) is 3. The van der Waals surface area contributed by atoms with Crippen molar-refractivity contribution in [3.05, 3.63) is 58.8 Å². The predicted molar refractivity (Wildman–Crippen MR) is 88.7 cm³/mol. The van der Waals surface area contributed by atoms with Crippen LogP contribution < -0.4 is 0 Å². The molecule has 0 saturated heterocycles. The molecule has 0 radical (unpaired) electrons. The summed E-state index contributed by atoms with van der Waals surface area (Å²) in [4.78, 5) is 3.21. The second kappa shape index (κ2) is 6.42. The van der Waals surface area contributed by atoms with E-state index >= 15 is 0 Å². The third kappa shape index (κ3) is 3.26. The van der Waals surface area contributed by atoms with Crippen LogP contribution in [-0.4, -0.2) is 22.1 Å². The quantitative estimate of drug-likeness (QED) is 0.704. The normalized spacial score (nSPS) is 12.7. The van der Waals surface area contributed by atoms with Gasteiger partial charge in [-0.2, -0.15) is 0 Å². The lowest BCUT2D eigenvalue weighted by Gasteiger charge is -2.21. The zero-order chi connectivity index (χ0) is 15.5. The molecule has 0 N–H and O–H groups in total. The number of hydrogen-bond acceptors (Lipinski definition) is 5. The molecule has 3 aromatic rings. The maximum absolute atomic E-state index is 5.81. The fourth-order valence-corrected chi connectivity index (χ4v) is 2.85. The van der Waals surface area contributed by atoms with Crippen LogP contribution in [0.25, 0.3) is 10.8 Å². The summed E-state index contributed by atoms with van der Waals surface area (Å²) in [7, 11) is 2.07. The first kappa shape index (κ1) is 14.9. The van der Waals surface area contributed by atoms with Gasteiger partial charge in [0, 0.05) is 6.54 Å². The Balaban J connectivity index is 1.70. The van der Waals surface area contributed by atoms with Crippen LogP contribution >= 0.6 is 11.3 Å². The molecule has 0 spiro atoms. The highest BCUT2D eigenvalue weighted by atomic mass is 32.1. The Morgan fingerprint density at radius 3 is 2.64 bits per heavy atom. The number of benzene rings is 1. The van der Waals surface area contributed by atoms with Crippen LogP contribution in [0.3, 0.4) is 0 Å². The van der Waals surface area contributed by atoms with E-state index in [2.05, 4.69) is 60.3 Å². The van der Waals surface area contributed by atoms with E-state index in [0.717, 1.165) is 11.4 Å². The molecule has 5 heteroatoms. The summed E-state index contributed by atoms with van der Waals surface area (Å²) >= 11 is 1.60. The summed E-state index contributed by atoms with van der Waals surface area (Å²) in [5, 5.41) is 10.4. The average molecular weight is 313 g/mol. The van der Waals surface area contributed by atoms with E-state index in [-0.39, 0.29) is 6.04 Å². The van der Waals surface area contributed by atoms with E-state index in [1.165, 1.54) is 11.1 Å². The summed E-state index contributed by atoms with van der Waals surface area (Å²) in [5.41, 5.74) is 2.55. The topological polar surface area (TPSA) is 42.2 Å². The van der Waals surface area contributed by atoms with Crippen LogP contribution in [0, 0.1) is 6.92 Å². The molecule has 0 unspecified atom stereocenters. The molecule has 0 aliphatic heterocycles. The largest absolute Gasteiger partial charge is 0.418 e. The fraction of sp³-hybridized carbons (Fsp3) is 0.294. The summed E-state index contributed by atoms with van der Waals surface area (Å²) in [5.74, 6) is 1.25. The van der Waals surface area contributed by atoms with Gasteiger partial charge in [-0.05, 0) is 37.9 Å². The van der Waals surface area contributed by atoms with Crippen LogP contribution in [0.1, 0.15) is 30.0 Å². The van der Waals surface area contributed by atoms with Gasteiger partial charge in [-0.1, -0.05) is 35.9 Å². The lowest BCUT2D eigenvalue weighted by Crippen LogP contribution is -2.22. The van der Waals surface area contributed by atoms with Crippen molar-refractivity contribution in [2.24, 2.45) is 0 Å². The summed E-state index contributed by atoms with van der Waals surface area (Å²) in [6.45, 7) is 5.03. The minimum atomic E-state index is 0.0718. The fourth-order valence-electron chi connectivity index (χ4n) is 2.21. The Labute approximate surface area is 134 Å². The van der Waals surface area contributed by atoms with Crippen LogP contribution in [0.2, 0.25) is 0 Å². The molecular weight excluding hydrogens is 294 g/mol. The van der Waals surface area contributed by atoms with E-state index in [4.69, 9.17) is 4.42 Å².